The van der Waals surface area contributed by atoms with Crippen molar-refractivity contribution in [1.29, 1.82) is 0 Å². The van der Waals surface area contributed by atoms with Crippen molar-refractivity contribution in [3.8, 4) is 5.75 Å². The summed E-state index contributed by atoms with van der Waals surface area (Å²) in [5.74, 6) is 0.914. The second-order valence-electron chi connectivity index (χ2n) is 5.82. The predicted molar refractivity (Wildman–Crippen MR) is 78.6 cm³/mol. The van der Waals surface area contributed by atoms with E-state index >= 15 is 0 Å². The molecule has 2 nitrogen and oxygen atoms in total. The number of benzene rings is 1. The van der Waals surface area contributed by atoms with Gasteiger partial charge in [-0.15, -0.1) is 0 Å². The van der Waals surface area contributed by atoms with Gasteiger partial charge in [0, 0.05) is 11.6 Å². The van der Waals surface area contributed by atoms with E-state index in [4.69, 9.17) is 16.3 Å². The van der Waals surface area contributed by atoms with Crippen LogP contribution in [0.4, 0.5) is 0 Å². The SMILES string of the molecule is Cc1cc(Cl)ccc1OCCNCCC(C)(C)C. The first-order valence-corrected chi connectivity index (χ1v) is 6.86. The molecule has 102 valence electrons. The summed E-state index contributed by atoms with van der Waals surface area (Å²) in [6, 6.07) is 5.70. The highest BCUT2D eigenvalue weighted by Gasteiger charge is 2.08. The van der Waals surface area contributed by atoms with Crippen LogP contribution in [0.5, 0.6) is 5.75 Å². The molecule has 3 heteroatoms. The molecule has 0 amide bonds. The summed E-state index contributed by atoms with van der Waals surface area (Å²) in [5, 5.41) is 4.14. The van der Waals surface area contributed by atoms with Crippen molar-refractivity contribution in [3.05, 3.63) is 28.8 Å². The lowest BCUT2D eigenvalue weighted by Gasteiger charge is -2.18. The van der Waals surface area contributed by atoms with Crippen molar-refractivity contribution in [2.45, 2.75) is 34.1 Å². The number of hydrogen-bond donors (Lipinski definition) is 1. The van der Waals surface area contributed by atoms with Crippen LogP contribution in [-0.2, 0) is 0 Å². The van der Waals surface area contributed by atoms with Crippen molar-refractivity contribution < 1.29 is 4.74 Å². The maximum atomic E-state index is 5.89. The Morgan fingerprint density at radius 1 is 1.22 bits per heavy atom. The Hall–Kier alpha value is -0.730. The third kappa shape index (κ3) is 6.27. The van der Waals surface area contributed by atoms with E-state index < -0.39 is 0 Å². The molecule has 0 spiro atoms. The Morgan fingerprint density at radius 2 is 1.94 bits per heavy atom. The molecule has 0 aliphatic carbocycles. The van der Waals surface area contributed by atoms with Crippen molar-refractivity contribution in [1.82, 2.24) is 5.32 Å². The van der Waals surface area contributed by atoms with Gasteiger partial charge in [0.15, 0.2) is 0 Å². The zero-order chi connectivity index (χ0) is 13.6. The maximum Gasteiger partial charge on any atom is 0.122 e. The smallest absolute Gasteiger partial charge is 0.122 e. The molecule has 1 aromatic rings. The van der Waals surface area contributed by atoms with Gasteiger partial charge in [0.2, 0.25) is 0 Å². The average Bonchev–Trinajstić information content (AvgIpc) is 2.24. The van der Waals surface area contributed by atoms with Gasteiger partial charge >= 0.3 is 0 Å². The summed E-state index contributed by atoms with van der Waals surface area (Å²) >= 11 is 5.89. The lowest BCUT2D eigenvalue weighted by Crippen LogP contribution is -2.25. The Labute approximate surface area is 116 Å². The van der Waals surface area contributed by atoms with E-state index in [1.807, 2.05) is 25.1 Å². The van der Waals surface area contributed by atoms with E-state index in [1.54, 1.807) is 0 Å². The highest BCUT2D eigenvalue weighted by atomic mass is 35.5. The fraction of sp³-hybridized carbons (Fsp3) is 0.600. The minimum atomic E-state index is 0.390. The van der Waals surface area contributed by atoms with Gasteiger partial charge < -0.3 is 10.1 Å². The number of rotatable bonds is 6. The molecular weight excluding hydrogens is 246 g/mol. The quantitative estimate of drug-likeness (QED) is 0.787. The van der Waals surface area contributed by atoms with Gasteiger partial charge in [-0.1, -0.05) is 32.4 Å². The standard InChI is InChI=1S/C15H24ClNO/c1-12-11-13(16)5-6-14(12)18-10-9-17-8-7-15(2,3)4/h5-6,11,17H,7-10H2,1-4H3. The Kier molecular flexibility index (Phi) is 5.97. The Balaban J connectivity index is 2.18. The number of halogens is 1. The first kappa shape index (κ1) is 15.3. The minimum absolute atomic E-state index is 0.390. The van der Waals surface area contributed by atoms with Crippen molar-refractivity contribution in [2.75, 3.05) is 19.7 Å². The third-order valence-electron chi connectivity index (χ3n) is 2.73. The van der Waals surface area contributed by atoms with Crippen LogP contribution in [0.15, 0.2) is 18.2 Å². The highest BCUT2D eigenvalue weighted by Crippen LogP contribution is 2.21. The van der Waals surface area contributed by atoms with Crippen molar-refractivity contribution in [3.63, 3.8) is 0 Å². The van der Waals surface area contributed by atoms with Gasteiger partial charge in [0.05, 0.1) is 0 Å². The summed E-state index contributed by atoms with van der Waals surface area (Å²) in [5.41, 5.74) is 1.47. The Bertz CT molecular complexity index is 371. The zero-order valence-corrected chi connectivity index (χ0v) is 12.6. The number of ether oxygens (including phenoxy) is 1. The summed E-state index contributed by atoms with van der Waals surface area (Å²) in [4.78, 5) is 0. The maximum absolute atomic E-state index is 5.89. The van der Waals surface area contributed by atoms with Crippen LogP contribution in [0.25, 0.3) is 0 Å². The summed E-state index contributed by atoms with van der Waals surface area (Å²) in [7, 11) is 0. The fourth-order valence-electron chi connectivity index (χ4n) is 1.60. The van der Waals surface area contributed by atoms with E-state index in [0.717, 1.165) is 29.4 Å². The lowest BCUT2D eigenvalue weighted by molar-refractivity contribution is 0.302. The molecule has 1 aromatic carbocycles. The van der Waals surface area contributed by atoms with Crippen LogP contribution < -0.4 is 10.1 Å². The molecule has 0 heterocycles. The van der Waals surface area contributed by atoms with Gasteiger partial charge in [-0.25, -0.2) is 0 Å². The van der Waals surface area contributed by atoms with E-state index in [1.165, 1.54) is 6.42 Å². The molecule has 1 rings (SSSR count). The van der Waals surface area contributed by atoms with Crippen LogP contribution in [0.3, 0.4) is 0 Å². The number of aryl methyl sites for hydroxylation is 1. The average molecular weight is 270 g/mol. The van der Waals surface area contributed by atoms with Crippen LogP contribution in [-0.4, -0.2) is 19.7 Å². The molecule has 0 aliphatic rings. The molecule has 18 heavy (non-hydrogen) atoms. The molecular formula is C15H24ClNO. The van der Waals surface area contributed by atoms with Gasteiger partial charge in [-0.3, -0.25) is 0 Å². The summed E-state index contributed by atoms with van der Waals surface area (Å²) < 4.78 is 5.70. The van der Waals surface area contributed by atoms with Crippen molar-refractivity contribution in [2.24, 2.45) is 5.41 Å². The molecule has 0 saturated heterocycles. The summed E-state index contributed by atoms with van der Waals surface area (Å²) in [6.07, 6.45) is 1.17. The van der Waals surface area contributed by atoms with E-state index in [9.17, 15) is 0 Å². The van der Waals surface area contributed by atoms with Crippen LogP contribution in [0, 0.1) is 12.3 Å². The topological polar surface area (TPSA) is 21.3 Å². The van der Waals surface area contributed by atoms with Gasteiger partial charge in [-0.2, -0.15) is 0 Å². The molecule has 0 unspecified atom stereocenters. The zero-order valence-electron chi connectivity index (χ0n) is 11.8. The van der Waals surface area contributed by atoms with E-state index in [-0.39, 0.29) is 0 Å². The molecule has 0 fully saturated rings. The molecule has 0 radical (unpaired) electrons. The number of hydrogen-bond acceptors (Lipinski definition) is 2. The molecule has 0 saturated carbocycles. The van der Waals surface area contributed by atoms with Crippen LogP contribution in [0.1, 0.15) is 32.8 Å². The van der Waals surface area contributed by atoms with E-state index in [2.05, 4.69) is 26.1 Å². The lowest BCUT2D eigenvalue weighted by atomic mass is 9.92. The number of nitrogens with one attached hydrogen (secondary N) is 1. The van der Waals surface area contributed by atoms with Gasteiger partial charge in [0.25, 0.3) is 0 Å². The minimum Gasteiger partial charge on any atom is -0.492 e. The largest absolute Gasteiger partial charge is 0.492 e. The van der Waals surface area contributed by atoms with Gasteiger partial charge in [-0.05, 0) is 49.1 Å². The Morgan fingerprint density at radius 3 is 2.56 bits per heavy atom. The second-order valence-corrected chi connectivity index (χ2v) is 6.26. The fourth-order valence-corrected chi connectivity index (χ4v) is 1.82. The monoisotopic (exact) mass is 269 g/mol. The summed E-state index contributed by atoms with van der Waals surface area (Å²) in [6.45, 7) is 11.4. The van der Waals surface area contributed by atoms with E-state index in [0.29, 0.717) is 12.0 Å². The first-order chi connectivity index (χ1) is 8.38. The van der Waals surface area contributed by atoms with Gasteiger partial charge in [0.1, 0.15) is 12.4 Å². The third-order valence-corrected chi connectivity index (χ3v) is 2.96. The molecule has 0 bridgehead atoms. The molecule has 1 N–H and O–H groups in total. The normalized spacial score (nSPS) is 11.6. The second kappa shape index (κ2) is 7.01. The molecule has 0 atom stereocenters. The first-order valence-electron chi connectivity index (χ1n) is 6.48. The molecule has 0 aliphatic heterocycles. The van der Waals surface area contributed by atoms with Crippen molar-refractivity contribution >= 4 is 11.6 Å². The highest BCUT2D eigenvalue weighted by molar-refractivity contribution is 6.30. The predicted octanol–water partition coefficient (Wildman–Crippen LogP) is 4.05. The van der Waals surface area contributed by atoms with Crippen LogP contribution in [0.2, 0.25) is 5.02 Å². The van der Waals surface area contributed by atoms with Crippen LogP contribution >= 0.6 is 11.6 Å². The molecule has 0 aromatic heterocycles.